The quantitative estimate of drug-likeness (QED) is 0.0199. The van der Waals surface area contributed by atoms with Gasteiger partial charge in [-0.1, -0.05) is 160 Å². The van der Waals surface area contributed by atoms with Gasteiger partial charge in [-0.2, -0.15) is 8.42 Å². The molecule has 13 heteroatoms. The van der Waals surface area contributed by atoms with Crippen LogP contribution < -0.4 is 0 Å². The molecule has 4 N–H and O–H groups in total. The number of allylic oxidation sites excluding steroid dienone is 3. The van der Waals surface area contributed by atoms with E-state index in [1.54, 1.807) is 0 Å². The van der Waals surface area contributed by atoms with E-state index >= 15 is 0 Å². The number of aliphatic hydroxyl groups excluding tert-OH is 3. The number of unbranched alkanes of at least 4 members (excludes halogenated alkanes) is 24. The van der Waals surface area contributed by atoms with Crippen molar-refractivity contribution in [1.82, 2.24) is 0 Å². The van der Waals surface area contributed by atoms with Crippen LogP contribution in [0, 0.1) is 0 Å². The maximum Gasteiger partial charge on any atom is 0.306 e. The van der Waals surface area contributed by atoms with Crippen molar-refractivity contribution >= 4 is 22.1 Å². The minimum Gasteiger partial charge on any atom is -0.462 e. The van der Waals surface area contributed by atoms with E-state index < -0.39 is 71.2 Å². The highest BCUT2D eigenvalue weighted by Crippen LogP contribution is 2.24. The predicted molar refractivity (Wildman–Crippen MR) is 229 cm³/mol. The summed E-state index contributed by atoms with van der Waals surface area (Å²) in [5.41, 5.74) is 0. The maximum atomic E-state index is 12.8. The largest absolute Gasteiger partial charge is 0.462 e. The molecule has 0 aromatic carbocycles. The second-order valence-corrected chi connectivity index (χ2v) is 17.6. The third-order valence-corrected chi connectivity index (χ3v) is 11.4. The molecular weight excluding hydrogens is 765 g/mol. The third kappa shape index (κ3) is 30.2. The Morgan fingerprint density at radius 2 is 1.10 bits per heavy atom. The summed E-state index contributed by atoms with van der Waals surface area (Å²) in [6.07, 6.45) is 28.4. The molecule has 0 aromatic rings. The number of carbonyl (C=O) groups excluding carboxylic acids is 2. The molecule has 0 bridgehead atoms. The Kier molecular flexibility index (Phi) is 33.5. The Labute approximate surface area is 351 Å². The summed E-state index contributed by atoms with van der Waals surface area (Å²) in [6.45, 7) is 5.26. The van der Waals surface area contributed by atoms with Crippen molar-refractivity contribution in [1.29, 1.82) is 0 Å². The number of ether oxygens (including phenoxy) is 4. The summed E-state index contributed by atoms with van der Waals surface area (Å²) in [4.78, 5) is 25.4. The number of hydrogen-bond acceptors (Lipinski definition) is 11. The lowest BCUT2D eigenvalue weighted by atomic mass is 10.00. The first-order valence-electron chi connectivity index (χ1n) is 22.9. The van der Waals surface area contributed by atoms with Crippen LogP contribution in [0.3, 0.4) is 0 Å². The summed E-state index contributed by atoms with van der Waals surface area (Å²) in [5.74, 6) is -2.04. The van der Waals surface area contributed by atoms with Crippen molar-refractivity contribution in [3.05, 3.63) is 24.8 Å². The Balaban J connectivity index is 2.45. The average Bonchev–Trinajstić information content (AvgIpc) is 3.18. The van der Waals surface area contributed by atoms with Gasteiger partial charge in [0.15, 0.2) is 12.4 Å². The van der Waals surface area contributed by atoms with Gasteiger partial charge >= 0.3 is 11.9 Å². The number of aliphatic hydroxyl groups is 3. The Bertz CT molecular complexity index is 1160. The first-order valence-corrected chi connectivity index (χ1v) is 24.5. The van der Waals surface area contributed by atoms with E-state index in [2.05, 4.69) is 19.6 Å². The zero-order chi connectivity index (χ0) is 42.7. The number of rotatable bonds is 39. The molecule has 0 radical (unpaired) electrons. The fraction of sp³-hybridized carbons (Fsp3) is 0.867. The summed E-state index contributed by atoms with van der Waals surface area (Å²) < 4.78 is 54.0. The lowest BCUT2D eigenvalue weighted by molar-refractivity contribution is -0.297. The summed E-state index contributed by atoms with van der Waals surface area (Å²) in [6, 6.07) is 0. The van der Waals surface area contributed by atoms with E-state index in [1.807, 2.05) is 12.2 Å². The smallest absolute Gasteiger partial charge is 0.306 e. The van der Waals surface area contributed by atoms with Gasteiger partial charge in [0.25, 0.3) is 10.1 Å². The normalized spacial score (nSPS) is 20.3. The Morgan fingerprint density at radius 1 is 0.621 bits per heavy atom. The Morgan fingerprint density at radius 3 is 1.62 bits per heavy atom. The van der Waals surface area contributed by atoms with Gasteiger partial charge in [0.2, 0.25) is 0 Å². The molecule has 58 heavy (non-hydrogen) atoms. The molecule has 1 fully saturated rings. The SMILES string of the molecule is C=CCCCCCCCCCCCCCCCC(=O)OC[C@H](CO[C@H]1O[C@H](CS(=O)(=O)O)[C@@H](O)C(O)C1O)OC(=O)CC/C=C/CCCCCCCCCCCCC. The van der Waals surface area contributed by atoms with Crippen molar-refractivity contribution in [2.45, 2.75) is 230 Å². The zero-order valence-corrected chi connectivity index (χ0v) is 36.8. The number of carbonyl (C=O) groups is 2. The van der Waals surface area contributed by atoms with Gasteiger partial charge in [-0.25, -0.2) is 0 Å². The molecule has 1 rings (SSSR count). The Hall–Kier alpha value is -1.87. The lowest BCUT2D eigenvalue weighted by Crippen LogP contribution is -2.60. The second kappa shape index (κ2) is 35.8. The van der Waals surface area contributed by atoms with Crippen molar-refractivity contribution < 1.29 is 56.8 Å². The molecule has 1 aliphatic heterocycles. The summed E-state index contributed by atoms with van der Waals surface area (Å²) in [7, 11) is -4.60. The van der Waals surface area contributed by atoms with Crippen LogP contribution in [0.5, 0.6) is 0 Å². The first kappa shape index (κ1) is 54.1. The van der Waals surface area contributed by atoms with Gasteiger partial charge in [0, 0.05) is 12.8 Å². The fourth-order valence-electron chi connectivity index (χ4n) is 7.09. The van der Waals surface area contributed by atoms with Crippen LogP contribution in [-0.2, 0) is 38.7 Å². The van der Waals surface area contributed by atoms with E-state index in [0.29, 0.717) is 12.8 Å². The van der Waals surface area contributed by atoms with E-state index in [9.17, 15) is 37.9 Å². The monoisotopic (exact) mass is 847 g/mol. The van der Waals surface area contributed by atoms with Gasteiger partial charge in [0.05, 0.1) is 6.61 Å². The van der Waals surface area contributed by atoms with Crippen molar-refractivity contribution in [3.63, 3.8) is 0 Å². The molecule has 340 valence electrons. The predicted octanol–water partition coefficient (Wildman–Crippen LogP) is 9.23. The highest BCUT2D eigenvalue weighted by Gasteiger charge is 2.46. The van der Waals surface area contributed by atoms with Crippen LogP contribution >= 0.6 is 0 Å². The van der Waals surface area contributed by atoms with E-state index in [-0.39, 0.29) is 19.4 Å². The summed E-state index contributed by atoms with van der Waals surface area (Å²) >= 11 is 0. The van der Waals surface area contributed by atoms with E-state index in [0.717, 1.165) is 38.5 Å². The molecule has 0 spiro atoms. The topological polar surface area (TPSA) is 186 Å². The van der Waals surface area contributed by atoms with Crippen LogP contribution in [-0.4, -0.2) is 96.0 Å². The lowest BCUT2D eigenvalue weighted by Gasteiger charge is -2.40. The molecule has 1 saturated heterocycles. The molecule has 6 atom stereocenters. The molecule has 0 aliphatic carbocycles. The molecule has 0 aromatic heterocycles. The highest BCUT2D eigenvalue weighted by atomic mass is 32.2. The zero-order valence-electron chi connectivity index (χ0n) is 36.0. The van der Waals surface area contributed by atoms with Crippen LogP contribution in [0.1, 0.15) is 193 Å². The van der Waals surface area contributed by atoms with Gasteiger partial charge in [-0.3, -0.25) is 14.1 Å². The minimum atomic E-state index is -4.60. The molecule has 1 heterocycles. The fourth-order valence-corrected chi connectivity index (χ4v) is 7.78. The molecule has 1 aliphatic rings. The van der Waals surface area contributed by atoms with Crippen molar-refractivity contribution in [3.8, 4) is 0 Å². The first-order chi connectivity index (χ1) is 28.0. The highest BCUT2D eigenvalue weighted by molar-refractivity contribution is 7.85. The number of hydrogen-bond donors (Lipinski definition) is 4. The standard InChI is InChI=1S/C45H82O12S/c1-3-5-7-9-11-13-15-17-19-21-23-25-27-29-31-33-40(46)54-35-38(36-55-45-44(50)43(49)42(48)39(57-45)37-58(51,52)53)56-41(47)34-32-30-28-26-24-22-20-18-16-14-12-10-8-6-4-2/h3,28,30,38-39,42-45,48-50H,1,4-27,29,31-37H2,2H3,(H,51,52,53)/b30-28+/t38-,39-,42-,43?,44?,45+/m1/s1. The van der Waals surface area contributed by atoms with Gasteiger partial charge in [-0.05, 0) is 38.5 Å². The van der Waals surface area contributed by atoms with E-state index in [1.165, 1.54) is 122 Å². The maximum absolute atomic E-state index is 12.8. The second-order valence-electron chi connectivity index (χ2n) is 16.1. The molecule has 2 unspecified atom stereocenters. The van der Waals surface area contributed by atoms with Crippen LogP contribution in [0.15, 0.2) is 24.8 Å². The number of esters is 2. The van der Waals surface area contributed by atoms with Crippen LogP contribution in [0.2, 0.25) is 0 Å². The van der Waals surface area contributed by atoms with Gasteiger partial charge in [0.1, 0.15) is 36.8 Å². The molecule has 0 saturated carbocycles. The van der Waals surface area contributed by atoms with Crippen LogP contribution in [0.25, 0.3) is 0 Å². The van der Waals surface area contributed by atoms with Crippen molar-refractivity contribution in [2.24, 2.45) is 0 Å². The van der Waals surface area contributed by atoms with E-state index in [4.69, 9.17) is 18.9 Å². The molecule has 12 nitrogen and oxygen atoms in total. The van der Waals surface area contributed by atoms with Gasteiger partial charge < -0.3 is 34.3 Å². The molecular formula is C45H82O12S. The molecule has 0 amide bonds. The van der Waals surface area contributed by atoms with Crippen LogP contribution in [0.4, 0.5) is 0 Å². The summed E-state index contributed by atoms with van der Waals surface area (Å²) in [5, 5.41) is 30.9. The third-order valence-electron chi connectivity index (χ3n) is 10.7. The van der Waals surface area contributed by atoms with Gasteiger partial charge in [-0.15, -0.1) is 6.58 Å². The minimum absolute atomic E-state index is 0.0829. The van der Waals surface area contributed by atoms with Crippen molar-refractivity contribution in [2.75, 3.05) is 19.0 Å². The average molecular weight is 847 g/mol.